The molecule has 0 radical (unpaired) electrons. The molecule has 0 amide bonds. The Bertz CT molecular complexity index is 244. The summed E-state index contributed by atoms with van der Waals surface area (Å²) in [7, 11) is 0. The van der Waals surface area contributed by atoms with E-state index in [1.54, 1.807) is 0 Å². The van der Waals surface area contributed by atoms with E-state index >= 15 is 0 Å². The Labute approximate surface area is 109 Å². The number of hydrogen-bond acceptors (Lipinski definition) is 0. The van der Waals surface area contributed by atoms with Crippen LogP contribution in [0.25, 0.3) is 0 Å². The van der Waals surface area contributed by atoms with Gasteiger partial charge in [0.25, 0.3) is 0 Å². The standard InChI is InChI=1S/C17H32/c1-5-13(2)8-9-16-12-17(16,4)10-6-7-15-11-14(15)3/h13-16H,5-12H2,1-4H3. The van der Waals surface area contributed by atoms with Crippen LogP contribution in [0.5, 0.6) is 0 Å². The summed E-state index contributed by atoms with van der Waals surface area (Å²) in [5, 5.41) is 0. The average Bonchev–Trinajstić information content (AvgIpc) is 3.16. The van der Waals surface area contributed by atoms with Gasteiger partial charge < -0.3 is 0 Å². The molecule has 0 heteroatoms. The molecule has 0 saturated heterocycles. The smallest absolute Gasteiger partial charge is 0.0294 e. The Kier molecular flexibility index (Phi) is 4.21. The third kappa shape index (κ3) is 3.73. The van der Waals surface area contributed by atoms with Gasteiger partial charge in [-0.25, -0.2) is 0 Å². The van der Waals surface area contributed by atoms with E-state index in [9.17, 15) is 0 Å². The van der Waals surface area contributed by atoms with Crippen LogP contribution in [0, 0.1) is 29.1 Å². The molecule has 0 spiro atoms. The van der Waals surface area contributed by atoms with Gasteiger partial charge in [-0.15, -0.1) is 0 Å². The molecule has 100 valence electrons. The third-order valence-corrected chi connectivity index (χ3v) is 5.84. The normalized spacial score (nSPS) is 41.3. The molecule has 5 atom stereocenters. The summed E-state index contributed by atoms with van der Waals surface area (Å²) < 4.78 is 0. The van der Waals surface area contributed by atoms with E-state index < -0.39 is 0 Å². The van der Waals surface area contributed by atoms with Crippen molar-refractivity contribution in [1.82, 2.24) is 0 Å². The Balaban J connectivity index is 1.55. The molecule has 2 aliphatic carbocycles. The fourth-order valence-electron chi connectivity index (χ4n) is 3.52. The number of rotatable bonds is 8. The zero-order valence-electron chi connectivity index (χ0n) is 12.5. The van der Waals surface area contributed by atoms with E-state index in [4.69, 9.17) is 0 Å². The van der Waals surface area contributed by atoms with Crippen LogP contribution in [0.4, 0.5) is 0 Å². The van der Waals surface area contributed by atoms with Crippen LogP contribution in [0.1, 0.15) is 79.1 Å². The van der Waals surface area contributed by atoms with Gasteiger partial charge >= 0.3 is 0 Å². The molecule has 5 unspecified atom stereocenters. The summed E-state index contributed by atoms with van der Waals surface area (Å²) in [6.45, 7) is 9.70. The second kappa shape index (κ2) is 5.33. The van der Waals surface area contributed by atoms with E-state index in [1.807, 2.05) is 0 Å². The Hall–Kier alpha value is 0. The van der Waals surface area contributed by atoms with Gasteiger partial charge in [0, 0.05) is 0 Å². The summed E-state index contributed by atoms with van der Waals surface area (Å²) >= 11 is 0. The topological polar surface area (TPSA) is 0 Å². The first-order valence-corrected chi connectivity index (χ1v) is 8.05. The monoisotopic (exact) mass is 236 g/mol. The molecule has 17 heavy (non-hydrogen) atoms. The first kappa shape index (κ1) is 13.4. The van der Waals surface area contributed by atoms with Crippen LogP contribution in [0.15, 0.2) is 0 Å². The molecule has 2 saturated carbocycles. The van der Waals surface area contributed by atoms with Crippen molar-refractivity contribution in [2.45, 2.75) is 79.1 Å². The molecular formula is C17H32. The van der Waals surface area contributed by atoms with Crippen LogP contribution in [0.2, 0.25) is 0 Å². The van der Waals surface area contributed by atoms with Crippen LogP contribution >= 0.6 is 0 Å². The van der Waals surface area contributed by atoms with E-state index in [0.29, 0.717) is 0 Å². The second-order valence-electron chi connectivity index (χ2n) is 7.51. The summed E-state index contributed by atoms with van der Waals surface area (Å²) in [6, 6.07) is 0. The van der Waals surface area contributed by atoms with Crippen molar-refractivity contribution in [3.8, 4) is 0 Å². The highest BCUT2D eigenvalue weighted by Gasteiger charge is 2.48. The highest BCUT2D eigenvalue weighted by molar-refractivity contribution is 4.98. The molecule has 0 heterocycles. The fraction of sp³-hybridized carbons (Fsp3) is 1.00. The van der Waals surface area contributed by atoms with Crippen molar-refractivity contribution in [2.75, 3.05) is 0 Å². The van der Waals surface area contributed by atoms with Crippen molar-refractivity contribution in [3.63, 3.8) is 0 Å². The summed E-state index contributed by atoms with van der Waals surface area (Å²) in [5.74, 6) is 4.19. The van der Waals surface area contributed by atoms with Crippen molar-refractivity contribution in [2.24, 2.45) is 29.1 Å². The van der Waals surface area contributed by atoms with Crippen LogP contribution in [-0.4, -0.2) is 0 Å². The molecule has 0 nitrogen and oxygen atoms in total. The average molecular weight is 236 g/mol. The molecule has 0 aliphatic heterocycles. The van der Waals surface area contributed by atoms with Gasteiger partial charge in [0.05, 0.1) is 0 Å². The minimum absolute atomic E-state index is 0.756. The number of hydrogen-bond donors (Lipinski definition) is 0. The Morgan fingerprint density at radius 1 is 1.29 bits per heavy atom. The summed E-state index contributed by atoms with van der Waals surface area (Å²) in [5.41, 5.74) is 0.756. The molecule has 0 aromatic rings. The zero-order chi connectivity index (χ0) is 12.5. The quantitative estimate of drug-likeness (QED) is 0.509. The molecule has 2 rings (SSSR count). The van der Waals surface area contributed by atoms with Crippen molar-refractivity contribution < 1.29 is 0 Å². The molecule has 0 N–H and O–H groups in total. The maximum atomic E-state index is 2.55. The van der Waals surface area contributed by atoms with Gasteiger partial charge in [-0.1, -0.05) is 53.4 Å². The minimum Gasteiger partial charge on any atom is -0.0651 e. The maximum Gasteiger partial charge on any atom is -0.0294 e. The lowest BCUT2D eigenvalue weighted by atomic mass is 9.93. The van der Waals surface area contributed by atoms with Gasteiger partial charge in [0.2, 0.25) is 0 Å². The first-order chi connectivity index (χ1) is 8.05. The molecule has 2 aliphatic rings. The second-order valence-corrected chi connectivity index (χ2v) is 7.51. The highest BCUT2D eigenvalue weighted by atomic mass is 14.5. The van der Waals surface area contributed by atoms with Gasteiger partial charge in [-0.3, -0.25) is 0 Å². The predicted octanol–water partition coefficient (Wildman–Crippen LogP) is 5.67. The molecule has 0 aromatic carbocycles. The Morgan fingerprint density at radius 3 is 2.59 bits per heavy atom. The van der Waals surface area contributed by atoms with Crippen LogP contribution in [0.3, 0.4) is 0 Å². The van der Waals surface area contributed by atoms with Gasteiger partial charge in [-0.05, 0) is 54.8 Å². The lowest BCUT2D eigenvalue weighted by Crippen LogP contribution is -2.01. The summed E-state index contributed by atoms with van der Waals surface area (Å²) in [6.07, 6.45) is 11.9. The van der Waals surface area contributed by atoms with E-state index in [2.05, 4.69) is 27.7 Å². The van der Waals surface area contributed by atoms with Gasteiger partial charge in [-0.2, -0.15) is 0 Å². The first-order valence-electron chi connectivity index (χ1n) is 8.05. The highest BCUT2D eigenvalue weighted by Crippen LogP contribution is 2.58. The molecule has 2 fully saturated rings. The fourth-order valence-corrected chi connectivity index (χ4v) is 3.52. The predicted molar refractivity (Wildman–Crippen MR) is 76.0 cm³/mol. The lowest BCUT2D eigenvalue weighted by molar-refractivity contribution is 0.389. The minimum atomic E-state index is 0.756. The van der Waals surface area contributed by atoms with Crippen LogP contribution in [-0.2, 0) is 0 Å². The largest absolute Gasteiger partial charge is 0.0651 e. The van der Waals surface area contributed by atoms with E-state index in [1.165, 1.54) is 51.4 Å². The maximum absolute atomic E-state index is 2.55. The lowest BCUT2D eigenvalue weighted by Gasteiger charge is -2.12. The van der Waals surface area contributed by atoms with Gasteiger partial charge in [0.1, 0.15) is 0 Å². The van der Waals surface area contributed by atoms with Gasteiger partial charge in [0.15, 0.2) is 0 Å². The molecule has 0 aromatic heterocycles. The SMILES string of the molecule is CCC(C)CCC1CC1(C)CCCC1CC1C. The van der Waals surface area contributed by atoms with Crippen molar-refractivity contribution in [1.29, 1.82) is 0 Å². The third-order valence-electron chi connectivity index (χ3n) is 5.84. The van der Waals surface area contributed by atoms with E-state index in [-0.39, 0.29) is 0 Å². The summed E-state index contributed by atoms with van der Waals surface area (Å²) in [4.78, 5) is 0. The molecular weight excluding hydrogens is 204 g/mol. The zero-order valence-corrected chi connectivity index (χ0v) is 12.5. The van der Waals surface area contributed by atoms with E-state index in [0.717, 1.165) is 29.1 Å². The van der Waals surface area contributed by atoms with Crippen LogP contribution < -0.4 is 0 Å². The molecule has 0 bridgehead atoms. The van der Waals surface area contributed by atoms with Crippen molar-refractivity contribution in [3.05, 3.63) is 0 Å². The van der Waals surface area contributed by atoms with Crippen molar-refractivity contribution >= 4 is 0 Å². The Morgan fingerprint density at radius 2 is 2.00 bits per heavy atom.